The minimum atomic E-state index is -0.707. The van der Waals surface area contributed by atoms with E-state index in [4.69, 9.17) is 0 Å². The second-order valence-corrected chi connectivity index (χ2v) is 8.63. The molecule has 0 aliphatic rings. The standard InChI is InChI=1S/C21H18BrN3O2S/c1-12-19-18(16-8-3-4-9-17(16)28-19)21(27)25(24-12)13(2)20(26)23-11-14-6-5-7-15(22)10-14/h3-10,13H,11H2,1-2H3,(H,23,26)/t13-/m0/s1. The molecule has 0 aliphatic carbocycles. The monoisotopic (exact) mass is 455 g/mol. The number of carbonyl (C=O) groups is 1. The summed E-state index contributed by atoms with van der Waals surface area (Å²) >= 11 is 4.98. The molecule has 0 saturated carbocycles. The summed E-state index contributed by atoms with van der Waals surface area (Å²) in [7, 11) is 0. The van der Waals surface area contributed by atoms with Crippen LogP contribution in [0.25, 0.3) is 20.2 Å². The second kappa shape index (κ2) is 7.48. The zero-order valence-electron chi connectivity index (χ0n) is 15.4. The first-order valence-electron chi connectivity index (χ1n) is 8.88. The zero-order chi connectivity index (χ0) is 19.8. The van der Waals surface area contributed by atoms with Crippen molar-refractivity contribution in [3.05, 3.63) is 74.6 Å². The van der Waals surface area contributed by atoms with Crippen LogP contribution in [-0.2, 0) is 11.3 Å². The summed E-state index contributed by atoms with van der Waals surface area (Å²) < 4.78 is 4.18. The highest BCUT2D eigenvalue weighted by Gasteiger charge is 2.21. The van der Waals surface area contributed by atoms with Crippen LogP contribution < -0.4 is 10.9 Å². The molecule has 1 atom stereocenters. The van der Waals surface area contributed by atoms with Gasteiger partial charge >= 0.3 is 0 Å². The average Bonchev–Trinajstić information content (AvgIpc) is 3.09. The largest absolute Gasteiger partial charge is 0.350 e. The highest BCUT2D eigenvalue weighted by Crippen LogP contribution is 2.32. The number of hydrogen-bond donors (Lipinski definition) is 1. The molecule has 0 fully saturated rings. The van der Waals surface area contributed by atoms with Gasteiger partial charge in [0, 0.05) is 21.1 Å². The van der Waals surface area contributed by atoms with E-state index in [1.54, 1.807) is 18.3 Å². The highest BCUT2D eigenvalue weighted by molar-refractivity contribution is 9.10. The molecule has 28 heavy (non-hydrogen) atoms. The molecule has 0 aliphatic heterocycles. The molecule has 4 rings (SSSR count). The first-order chi connectivity index (χ1) is 13.5. The molecule has 2 aromatic heterocycles. The van der Waals surface area contributed by atoms with Crippen LogP contribution in [0.15, 0.2) is 57.8 Å². The van der Waals surface area contributed by atoms with E-state index in [1.807, 2.05) is 55.5 Å². The Hall–Kier alpha value is -2.51. The molecule has 5 nitrogen and oxygen atoms in total. The smallest absolute Gasteiger partial charge is 0.276 e. The Kier molecular flexibility index (Phi) is 5.03. The van der Waals surface area contributed by atoms with E-state index in [1.165, 1.54) is 4.68 Å². The summed E-state index contributed by atoms with van der Waals surface area (Å²) in [6, 6.07) is 14.8. The normalized spacial score (nSPS) is 12.4. The van der Waals surface area contributed by atoms with Crippen LogP contribution >= 0.6 is 27.3 Å². The summed E-state index contributed by atoms with van der Waals surface area (Å²) in [5.74, 6) is -0.243. The van der Waals surface area contributed by atoms with Crippen molar-refractivity contribution in [1.29, 1.82) is 0 Å². The fraction of sp³-hybridized carbons (Fsp3) is 0.190. The lowest BCUT2D eigenvalue weighted by Crippen LogP contribution is -2.37. The first kappa shape index (κ1) is 18.8. The van der Waals surface area contributed by atoms with E-state index in [0.717, 1.165) is 30.5 Å². The van der Waals surface area contributed by atoms with Crippen LogP contribution in [0.1, 0.15) is 24.2 Å². The van der Waals surface area contributed by atoms with Gasteiger partial charge < -0.3 is 5.32 Å². The Balaban J connectivity index is 1.68. The number of hydrogen-bond acceptors (Lipinski definition) is 4. The highest BCUT2D eigenvalue weighted by atomic mass is 79.9. The van der Waals surface area contributed by atoms with Crippen molar-refractivity contribution >= 4 is 53.3 Å². The van der Waals surface area contributed by atoms with Gasteiger partial charge in [0.25, 0.3) is 5.56 Å². The molecule has 7 heteroatoms. The minimum Gasteiger partial charge on any atom is -0.350 e. The summed E-state index contributed by atoms with van der Waals surface area (Å²) in [5.41, 5.74) is 1.50. The summed E-state index contributed by atoms with van der Waals surface area (Å²) in [6.45, 7) is 3.96. The predicted octanol–water partition coefficient (Wildman–Crippen LogP) is 4.56. The molecular weight excluding hydrogens is 438 g/mol. The molecule has 1 amide bonds. The van der Waals surface area contributed by atoms with Gasteiger partial charge in [-0.1, -0.05) is 46.3 Å². The van der Waals surface area contributed by atoms with Gasteiger partial charge in [-0.05, 0) is 37.6 Å². The lowest BCUT2D eigenvalue weighted by atomic mass is 10.2. The van der Waals surface area contributed by atoms with Gasteiger partial charge in [0.1, 0.15) is 6.04 Å². The lowest BCUT2D eigenvalue weighted by Gasteiger charge is -2.15. The molecule has 0 bridgehead atoms. The minimum absolute atomic E-state index is 0.233. The number of nitrogens with zero attached hydrogens (tertiary/aromatic N) is 2. The number of halogens is 1. The summed E-state index contributed by atoms with van der Waals surface area (Å²) in [5, 5.41) is 8.88. The molecule has 2 aromatic carbocycles. The van der Waals surface area contributed by atoms with Crippen molar-refractivity contribution in [3.63, 3.8) is 0 Å². The van der Waals surface area contributed by atoms with E-state index in [0.29, 0.717) is 11.9 Å². The number of amides is 1. The number of benzene rings is 2. The maximum absolute atomic E-state index is 13.1. The molecule has 0 unspecified atom stereocenters. The molecule has 1 N–H and O–H groups in total. The third-order valence-electron chi connectivity index (χ3n) is 4.71. The van der Waals surface area contributed by atoms with Gasteiger partial charge in [0.05, 0.1) is 15.8 Å². The van der Waals surface area contributed by atoms with Crippen LogP contribution in [0.3, 0.4) is 0 Å². The van der Waals surface area contributed by atoms with Crippen molar-refractivity contribution in [2.75, 3.05) is 0 Å². The number of aromatic nitrogens is 2. The number of fused-ring (bicyclic) bond motifs is 3. The predicted molar refractivity (Wildman–Crippen MR) is 117 cm³/mol. The van der Waals surface area contributed by atoms with Crippen LogP contribution in [0.5, 0.6) is 0 Å². The summed E-state index contributed by atoms with van der Waals surface area (Å²) in [6.07, 6.45) is 0. The van der Waals surface area contributed by atoms with E-state index in [9.17, 15) is 9.59 Å². The fourth-order valence-corrected chi connectivity index (χ4v) is 4.82. The van der Waals surface area contributed by atoms with Gasteiger partial charge in [-0.15, -0.1) is 11.3 Å². The van der Waals surface area contributed by atoms with E-state index < -0.39 is 6.04 Å². The maximum Gasteiger partial charge on any atom is 0.276 e. The first-order valence-corrected chi connectivity index (χ1v) is 10.5. The average molecular weight is 456 g/mol. The molecule has 0 spiro atoms. The topological polar surface area (TPSA) is 64.0 Å². The van der Waals surface area contributed by atoms with Crippen LogP contribution in [-0.4, -0.2) is 15.7 Å². The Bertz CT molecular complexity index is 1260. The Morgan fingerprint density at radius 1 is 1.25 bits per heavy atom. The van der Waals surface area contributed by atoms with Crippen molar-refractivity contribution in [2.24, 2.45) is 0 Å². The number of rotatable bonds is 4. The third kappa shape index (κ3) is 3.36. The van der Waals surface area contributed by atoms with Crippen molar-refractivity contribution in [2.45, 2.75) is 26.4 Å². The Labute approximate surface area is 174 Å². The number of aryl methyl sites for hydroxylation is 1. The SMILES string of the molecule is Cc1nn([C@@H](C)C(=O)NCc2cccc(Br)c2)c(=O)c2c1sc1ccccc12. The van der Waals surface area contributed by atoms with Gasteiger partial charge in [-0.2, -0.15) is 5.10 Å². The molecule has 0 radical (unpaired) electrons. The van der Waals surface area contributed by atoms with Crippen LogP contribution in [0.4, 0.5) is 0 Å². The molecule has 0 saturated heterocycles. The number of nitrogens with one attached hydrogen (secondary N) is 1. The molecule has 4 aromatic rings. The van der Waals surface area contributed by atoms with Gasteiger partial charge in [0.2, 0.25) is 5.91 Å². The fourth-order valence-electron chi connectivity index (χ4n) is 3.24. The Morgan fingerprint density at radius 3 is 2.82 bits per heavy atom. The van der Waals surface area contributed by atoms with E-state index in [-0.39, 0.29) is 11.5 Å². The van der Waals surface area contributed by atoms with E-state index in [2.05, 4.69) is 26.3 Å². The quantitative estimate of drug-likeness (QED) is 0.490. The van der Waals surface area contributed by atoms with Crippen LogP contribution in [0.2, 0.25) is 0 Å². The van der Waals surface area contributed by atoms with Crippen molar-refractivity contribution in [3.8, 4) is 0 Å². The van der Waals surface area contributed by atoms with Crippen molar-refractivity contribution < 1.29 is 4.79 Å². The molecule has 2 heterocycles. The Morgan fingerprint density at radius 2 is 2.04 bits per heavy atom. The number of thiophene rings is 1. The lowest BCUT2D eigenvalue weighted by molar-refractivity contribution is -0.124. The van der Waals surface area contributed by atoms with Gasteiger partial charge in [-0.3, -0.25) is 9.59 Å². The van der Waals surface area contributed by atoms with Gasteiger partial charge in [0.15, 0.2) is 0 Å². The van der Waals surface area contributed by atoms with Gasteiger partial charge in [-0.25, -0.2) is 4.68 Å². The summed E-state index contributed by atoms with van der Waals surface area (Å²) in [4.78, 5) is 25.8. The third-order valence-corrected chi connectivity index (χ3v) is 6.48. The second-order valence-electron chi connectivity index (χ2n) is 6.66. The van der Waals surface area contributed by atoms with Crippen LogP contribution in [0, 0.1) is 6.92 Å². The van der Waals surface area contributed by atoms with E-state index >= 15 is 0 Å². The zero-order valence-corrected chi connectivity index (χ0v) is 17.8. The maximum atomic E-state index is 13.1. The molecule has 142 valence electrons. The number of carbonyl (C=O) groups excluding carboxylic acids is 1. The van der Waals surface area contributed by atoms with Crippen molar-refractivity contribution in [1.82, 2.24) is 15.1 Å². The molecular formula is C21H18BrN3O2S.